The van der Waals surface area contributed by atoms with Crippen molar-refractivity contribution in [1.82, 2.24) is 5.32 Å². The molecule has 0 radical (unpaired) electrons. The van der Waals surface area contributed by atoms with E-state index in [-0.39, 0.29) is 11.1 Å². The lowest BCUT2D eigenvalue weighted by Gasteiger charge is -2.11. The van der Waals surface area contributed by atoms with Crippen LogP contribution in [0.15, 0.2) is 40.6 Å². The first kappa shape index (κ1) is 16.6. The molecule has 0 unspecified atom stereocenters. The van der Waals surface area contributed by atoms with E-state index in [1.807, 2.05) is 17.5 Å². The van der Waals surface area contributed by atoms with Gasteiger partial charge in [-0.05, 0) is 47.0 Å². The van der Waals surface area contributed by atoms with Crippen LogP contribution >= 0.6 is 23.1 Å². The standard InChI is InChI=1S/C17H15NO4S2/c1-21-14-9-11(10-15-16(19)18-17(20)24-15)4-5-13(14)22-7-6-12-3-2-8-23-12/h2-5,8-10H,6-7H2,1H3,(H,18,19,20)/b15-10-. The van der Waals surface area contributed by atoms with Crippen LogP contribution < -0.4 is 14.8 Å². The van der Waals surface area contributed by atoms with Gasteiger partial charge < -0.3 is 9.47 Å². The lowest BCUT2D eigenvalue weighted by Crippen LogP contribution is -2.17. The summed E-state index contributed by atoms with van der Waals surface area (Å²) in [5.74, 6) is 0.862. The zero-order valence-corrected chi connectivity index (χ0v) is 14.5. The van der Waals surface area contributed by atoms with Gasteiger partial charge in [-0.25, -0.2) is 0 Å². The van der Waals surface area contributed by atoms with Crippen LogP contribution in [0.1, 0.15) is 10.4 Å². The molecule has 1 saturated heterocycles. The Hall–Kier alpha value is -2.25. The maximum absolute atomic E-state index is 11.6. The van der Waals surface area contributed by atoms with Gasteiger partial charge in [-0.2, -0.15) is 0 Å². The first-order valence-corrected chi connectivity index (χ1v) is 8.93. The number of amides is 2. The highest BCUT2D eigenvalue weighted by Crippen LogP contribution is 2.31. The van der Waals surface area contributed by atoms with Gasteiger partial charge in [0, 0.05) is 11.3 Å². The monoisotopic (exact) mass is 361 g/mol. The molecular formula is C17H15NO4S2. The van der Waals surface area contributed by atoms with Crippen molar-refractivity contribution in [2.24, 2.45) is 0 Å². The molecule has 2 heterocycles. The summed E-state index contributed by atoms with van der Waals surface area (Å²) in [5.41, 5.74) is 0.768. The minimum Gasteiger partial charge on any atom is -0.493 e. The normalized spacial score (nSPS) is 15.6. The average Bonchev–Trinajstić information content (AvgIpc) is 3.18. The summed E-state index contributed by atoms with van der Waals surface area (Å²) in [6, 6.07) is 9.51. The van der Waals surface area contributed by atoms with Crippen LogP contribution in [0.3, 0.4) is 0 Å². The van der Waals surface area contributed by atoms with Gasteiger partial charge in [0.1, 0.15) is 0 Å². The number of thioether (sulfide) groups is 1. The van der Waals surface area contributed by atoms with Gasteiger partial charge in [0.2, 0.25) is 0 Å². The topological polar surface area (TPSA) is 64.6 Å². The fourth-order valence-corrected chi connectivity index (χ4v) is 3.55. The Kier molecular flexibility index (Phi) is 5.22. The van der Waals surface area contributed by atoms with E-state index < -0.39 is 0 Å². The molecule has 0 bridgehead atoms. The molecule has 0 aliphatic carbocycles. The van der Waals surface area contributed by atoms with E-state index in [0.29, 0.717) is 23.0 Å². The van der Waals surface area contributed by atoms with Gasteiger partial charge in [-0.3, -0.25) is 14.9 Å². The van der Waals surface area contributed by atoms with Crippen LogP contribution in [0, 0.1) is 0 Å². The minimum absolute atomic E-state index is 0.355. The Bertz CT molecular complexity index is 784. The van der Waals surface area contributed by atoms with Gasteiger partial charge >= 0.3 is 0 Å². The fourth-order valence-electron chi connectivity index (χ4n) is 2.18. The second-order valence-electron chi connectivity index (χ2n) is 4.94. The first-order valence-electron chi connectivity index (χ1n) is 7.24. The van der Waals surface area contributed by atoms with Crippen LogP contribution in [0.25, 0.3) is 6.08 Å². The lowest BCUT2D eigenvalue weighted by molar-refractivity contribution is -0.115. The summed E-state index contributed by atoms with van der Waals surface area (Å²) in [6.07, 6.45) is 2.49. The molecule has 1 N–H and O–H groups in total. The maximum atomic E-state index is 11.6. The molecule has 124 valence electrons. The maximum Gasteiger partial charge on any atom is 0.290 e. The quantitative estimate of drug-likeness (QED) is 0.795. The smallest absolute Gasteiger partial charge is 0.290 e. The number of rotatable bonds is 6. The number of methoxy groups -OCH3 is 1. The van der Waals surface area contributed by atoms with E-state index in [1.165, 1.54) is 4.88 Å². The number of carbonyl (C=O) groups is 2. The van der Waals surface area contributed by atoms with Crippen LogP contribution in [-0.4, -0.2) is 24.9 Å². The third-order valence-corrected chi connectivity index (χ3v) is 5.06. The number of hydrogen-bond donors (Lipinski definition) is 1. The number of benzene rings is 1. The van der Waals surface area contributed by atoms with Gasteiger partial charge in [-0.15, -0.1) is 11.3 Å². The molecule has 0 saturated carbocycles. The van der Waals surface area contributed by atoms with Crippen molar-refractivity contribution in [2.75, 3.05) is 13.7 Å². The van der Waals surface area contributed by atoms with Crippen molar-refractivity contribution < 1.29 is 19.1 Å². The second-order valence-corrected chi connectivity index (χ2v) is 6.99. The van der Waals surface area contributed by atoms with E-state index in [0.717, 1.165) is 23.7 Å². The van der Waals surface area contributed by atoms with Crippen molar-refractivity contribution in [3.05, 3.63) is 51.1 Å². The predicted molar refractivity (Wildman–Crippen MR) is 95.6 cm³/mol. The van der Waals surface area contributed by atoms with E-state index in [4.69, 9.17) is 9.47 Å². The zero-order valence-electron chi connectivity index (χ0n) is 12.9. The highest BCUT2D eigenvalue weighted by atomic mass is 32.2. The first-order chi connectivity index (χ1) is 11.7. The lowest BCUT2D eigenvalue weighted by atomic mass is 10.2. The molecule has 1 fully saturated rings. The number of thiophene rings is 1. The molecule has 1 aliphatic heterocycles. The molecule has 2 aromatic rings. The van der Waals surface area contributed by atoms with Gasteiger partial charge in [0.05, 0.1) is 18.6 Å². The van der Waals surface area contributed by atoms with E-state index in [1.54, 1.807) is 36.7 Å². The summed E-state index contributed by atoms with van der Waals surface area (Å²) >= 11 is 2.59. The Morgan fingerprint density at radius 2 is 2.08 bits per heavy atom. The SMILES string of the molecule is COc1cc(/C=C2\SC(=O)NC2=O)ccc1OCCc1cccs1. The molecule has 1 aliphatic rings. The molecule has 0 atom stereocenters. The van der Waals surface area contributed by atoms with E-state index in [9.17, 15) is 9.59 Å². The largest absolute Gasteiger partial charge is 0.493 e. The summed E-state index contributed by atoms with van der Waals surface area (Å²) in [4.78, 5) is 24.4. The van der Waals surface area contributed by atoms with E-state index in [2.05, 4.69) is 11.4 Å². The number of carbonyl (C=O) groups excluding carboxylic acids is 2. The Morgan fingerprint density at radius 1 is 1.21 bits per heavy atom. The van der Waals surface area contributed by atoms with Crippen molar-refractivity contribution in [1.29, 1.82) is 0 Å². The molecule has 1 aromatic heterocycles. The molecule has 5 nitrogen and oxygen atoms in total. The van der Waals surface area contributed by atoms with Gasteiger partial charge in [0.25, 0.3) is 11.1 Å². The molecular weight excluding hydrogens is 346 g/mol. The van der Waals surface area contributed by atoms with E-state index >= 15 is 0 Å². The van der Waals surface area contributed by atoms with Crippen molar-refractivity contribution in [3.8, 4) is 11.5 Å². The molecule has 7 heteroatoms. The predicted octanol–water partition coefficient (Wildman–Crippen LogP) is 3.70. The summed E-state index contributed by atoms with van der Waals surface area (Å²) in [6.45, 7) is 0.560. The Labute approximate surface area is 147 Å². The molecule has 1 aromatic carbocycles. The average molecular weight is 361 g/mol. The van der Waals surface area contributed by atoms with Crippen molar-refractivity contribution in [2.45, 2.75) is 6.42 Å². The van der Waals surface area contributed by atoms with Crippen LogP contribution in [0.5, 0.6) is 11.5 Å². The molecule has 0 spiro atoms. The highest BCUT2D eigenvalue weighted by Gasteiger charge is 2.25. The number of hydrogen-bond acceptors (Lipinski definition) is 6. The number of nitrogens with one attached hydrogen (secondary N) is 1. The van der Waals surface area contributed by atoms with Crippen molar-refractivity contribution in [3.63, 3.8) is 0 Å². The summed E-state index contributed by atoms with van der Waals surface area (Å²) in [5, 5.41) is 3.92. The number of imide groups is 1. The molecule has 3 rings (SSSR count). The van der Waals surface area contributed by atoms with Crippen LogP contribution in [0.4, 0.5) is 4.79 Å². The Balaban J connectivity index is 1.69. The molecule has 24 heavy (non-hydrogen) atoms. The van der Waals surface area contributed by atoms with Crippen LogP contribution in [0.2, 0.25) is 0 Å². The summed E-state index contributed by atoms with van der Waals surface area (Å²) < 4.78 is 11.1. The Morgan fingerprint density at radius 3 is 2.75 bits per heavy atom. The molecule has 2 amide bonds. The highest BCUT2D eigenvalue weighted by molar-refractivity contribution is 8.18. The minimum atomic E-state index is -0.375. The van der Waals surface area contributed by atoms with Crippen molar-refractivity contribution >= 4 is 40.3 Å². The second kappa shape index (κ2) is 7.55. The fraction of sp³-hybridized carbons (Fsp3) is 0.176. The van der Waals surface area contributed by atoms with Crippen LogP contribution in [-0.2, 0) is 11.2 Å². The summed E-state index contributed by atoms with van der Waals surface area (Å²) in [7, 11) is 1.57. The van der Waals surface area contributed by atoms with Gasteiger partial charge in [0.15, 0.2) is 11.5 Å². The third kappa shape index (κ3) is 3.98. The van der Waals surface area contributed by atoms with Gasteiger partial charge in [-0.1, -0.05) is 12.1 Å². The zero-order chi connectivity index (χ0) is 16.9. The third-order valence-electron chi connectivity index (χ3n) is 3.31. The number of ether oxygens (including phenoxy) is 2.